The van der Waals surface area contributed by atoms with Gasteiger partial charge in [0, 0.05) is 5.56 Å². The fourth-order valence-corrected chi connectivity index (χ4v) is 2.15. The Hall–Kier alpha value is -2.40. The Morgan fingerprint density at radius 2 is 1.95 bits per heavy atom. The minimum Gasteiger partial charge on any atom is -0.497 e. The molecule has 5 nitrogen and oxygen atoms in total. The first-order valence-corrected chi connectivity index (χ1v) is 6.78. The fraction of sp³-hybridized carbons (Fsp3) is 0.133. The molecular formula is C15H13ClN4O. The fourth-order valence-electron chi connectivity index (χ4n) is 1.97. The molecule has 0 aliphatic heterocycles. The molecule has 3 rings (SSSR count). The van der Waals surface area contributed by atoms with E-state index in [1.807, 2.05) is 48.5 Å². The molecule has 0 unspecified atom stereocenters. The molecule has 0 aliphatic rings. The van der Waals surface area contributed by atoms with Crippen LogP contribution in [0.4, 0.5) is 0 Å². The summed E-state index contributed by atoms with van der Waals surface area (Å²) >= 11 is 6.22. The number of hydrogen-bond donors (Lipinski definition) is 0. The standard InChI is InChI=1S/C15H13ClN4O/c1-21-12-8-6-11(7-9-12)15(16)17-10-20-14-5-3-2-4-13(14)18-19-20/h2-9H,10H2,1H3/b17-15-. The number of methoxy groups -OCH3 is 1. The molecule has 3 aromatic rings. The van der Waals surface area contributed by atoms with Crippen LogP contribution < -0.4 is 4.74 Å². The van der Waals surface area contributed by atoms with Crippen LogP contribution in [0, 0.1) is 0 Å². The first-order chi connectivity index (χ1) is 10.3. The lowest BCUT2D eigenvalue weighted by Gasteiger charge is -2.02. The number of halogens is 1. The molecule has 1 aromatic heterocycles. The quantitative estimate of drug-likeness (QED) is 0.696. The largest absolute Gasteiger partial charge is 0.497 e. The van der Waals surface area contributed by atoms with Crippen LogP contribution in [-0.4, -0.2) is 27.3 Å². The lowest BCUT2D eigenvalue weighted by atomic mass is 10.2. The van der Waals surface area contributed by atoms with Gasteiger partial charge in [0.1, 0.15) is 23.1 Å². The molecule has 0 bridgehead atoms. The number of nitrogens with zero attached hydrogens (tertiary/aromatic N) is 4. The van der Waals surface area contributed by atoms with E-state index in [0.29, 0.717) is 11.8 Å². The number of rotatable bonds is 4. The van der Waals surface area contributed by atoms with Crippen molar-refractivity contribution in [2.24, 2.45) is 4.99 Å². The van der Waals surface area contributed by atoms with Gasteiger partial charge < -0.3 is 4.74 Å². The van der Waals surface area contributed by atoms with Gasteiger partial charge in [-0.25, -0.2) is 9.67 Å². The van der Waals surface area contributed by atoms with Crippen molar-refractivity contribution < 1.29 is 4.74 Å². The maximum atomic E-state index is 6.22. The van der Waals surface area contributed by atoms with Gasteiger partial charge in [-0.3, -0.25) is 0 Å². The molecule has 21 heavy (non-hydrogen) atoms. The average Bonchev–Trinajstić information content (AvgIpc) is 2.96. The molecule has 0 fully saturated rings. The van der Waals surface area contributed by atoms with Gasteiger partial charge in [-0.05, 0) is 36.4 Å². The molecule has 0 radical (unpaired) electrons. The molecular weight excluding hydrogens is 288 g/mol. The molecule has 2 aromatic carbocycles. The van der Waals surface area contributed by atoms with Crippen molar-refractivity contribution in [2.75, 3.05) is 7.11 Å². The number of aromatic nitrogens is 3. The maximum Gasteiger partial charge on any atom is 0.135 e. The molecule has 1 heterocycles. The summed E-state index contributed by atoms with van der Waals surface area (Å²) in [5.74, 6) is 0.783. The van der Waals surface area contributed by atoms with Gasteiger partial charge in [0.25, 0.3) is 0 Å². The summed E-state index contributed by atoms with van der Waals surface area (Å²) in [5, 5.41) is 8.57. The van der Waals surface area contributed by atoms with E-state index in [2.05, 4.69) is 15.3 Å². The zero-order valence-electron chi connectivity index (χ0n) is 11.4. The minimum absolute atomic E-state index is 0.325. The van der Waals surface area contributed by atoms with Crippen molar-refractivity contribution in [1.82, 2.24) is 15.0 Å². The summed E-state index contributed by atoms with van der Waals surface area (Å²) in [7, 11) is 1.63. The van der Waals surface area contributed by atoms with E-state index >= 15 is 0 Å². The smallest absolute Gasteiger partial charge is 0.135 e. The van der Waals surface area contributed by atoms with Gasteiger partial charge in [-0.1, -0.05) is 28.9 Å². The SMILES string of the molecule is COc1ccc(/C(Cl)=N/Cn2nnc3ccccc32)cc1. The Morgan fingerprint density at radius 1 is 1.19 bits per heavy atom. The number of benzene rings is 2. The third kappa shape index (κ3) is 2.87. The summed E-state index contributed by atoms with van der Waals surface area (Å²) in [6.45, 7) is 0.325. The molecule has 0 N–H and O–H groups in total. The van der Waals surface area contributed by atoms with Crippen molar-refractivity contribution in [3.05, 3.63) is 54.1 Å². The average molecular weight is 301 g/mol. The number of aliphatic imine (C=N–C) groups is 1. The highest BCUT2D eigenvalue weighted by Gasteiger charge is 2.04. The predicted octanol–water partition coefficient (Wildman–Crippen LogP) is 3.08. The first-order valence-electron chi connectivity index (χ1n) is 6.40. The Balaban J connectivity index is 1.81. The summed E-state index contributed by atoms with van der Waals surface area (Å²) in [4.78, 5) is 4.34. The second kappa shape index (κ2) is 5.93. The molecule has 0 aliphatic carbocycles. The van der Waals surface area contributed by atoms with E-state index in [-0.39, 0.29) is 0 Å². The first kappa shape index (κ1) is 13.6. The number of fused-ring (bicyclic) bond motifs is 1. The second-order valence-corrected chi connectivity index (χ2v) is 4.75. The van der Waals surface area contributed by atoms with Gasteiger partial charge >= 0.3 is 0 Å². The Kier molecular flexibility index (Phi) is 3.83. The van der Waals surface area contributed by atoms with Crippen LogP contribution in [0.5, 0.6) is 5.75 Å². The number of para-hydroxylation sites is 1. The van der Waals surface area contributed by atoms with Gasteiger partial charge in [-0.15, -0.1) is 5.10 Å². The van der Waals surface area contributed by atoms with E-state index in [9.17, 15) is 0 Å². The van der Waals surface area contributed by atoms with Gasteiger partial charge in [0.2, 0.25) is 0 Å². The number of ether oxygens (including phenoxy) is 1. The van der Waals surface area contributed by atoms with E-state index in [1.54, 1.807) is 11.8 Å². The van der Waals surface area contributed by atoms with Gasteiger partial charge in [0.05, 0.1) is 12.6 Å². The minimum atomic E-state index is 0.325. The highest BCUT2D eigenvalue weighted by molar-refractivity contribution is 6.69. The second-order valence-electron chi connectivity index (χ2n) is 4.40. The molecule has 0 spiro atoms. The normalized spacial score (nSPS) is 11.8. The van der Waals surface area contributed by atoms with Crippen LogP contribution in [0.3, 0.4) is 0 Å². The maximum absolute atomic E-state index is 6.22. The zero-order valence-corrected chi connectivity index (χ0v) is 12.2. The molecule has 0 saturated carbocycles. The van der Waals surface area contributed by atoms with Crippen LogP contribution in [0.15, 0.2) is 53.5 Å². The molecule has 0 saturated heterocycles. The Morgan fingerprint density at radius 3 is 2.71 bits per heavy atom. The lowest BCUT2D eigenvalue weighted by molar-refractivity contribution is 0.415. The van der Waals surface area contributed by atoms with Crippen LogP contribution >= 0.6 is 11.6 Å². The van der Waals surface area contributed by atoms with Crippen molar-refractivity contribution in [2.45, 2.75) is 6.67 Å². The van der Waals surface area contributed by atoms with Crippen LogP contribution in [0.2, 0.25) is 0 Å². The van der Waals surface area contributed by atoms with E-state index in [0.717, 1.165) is 22.3 Å². The summed E-state index contributed by atoms with van der Waals surface area (Å²) in [6.07, 6.45) is 0. The monoisotopic (exact) mass is 300 g/mol. The molecule has 0 atom stereocenters. The van der Waals surface area contributed by atoms with E-state index < -0.39 is 0 Å². The molecule has 106 valence electrons. The summed E-state index contributed by atoms with van der Waals surface area (Å²) in [6, 6.07) is 15.1. The van der Waals surface area contributed by atoms with Crippen LogP contribution in [-0.2, 0) is 6.67 Å². The van der Waals surface area contributed by atoms with Crippen LogP contribution in [0.1, 0.15) is 5.56 Å². The Bertz CT molecular complexity index is 780. The topological polar surface area (TPSA) is 52.3 Å². The highest BCUT2D eigenvalue weighted by Crippen LogP contribution is 2.14. The van der Waals surface area contributed by atoms with Gasteiger partial charge in [0.15, 0.2) is 0 Å². The Labute approximate surface area is 126 Å². The van der Waals surface area contributed by atoms with Crippen molar-refractivity contribution >= 4 is 27.8 Å². The zero-order chi connectivity index (χ0) is 14.7. The third-order valence-electron chi connectivity index (χ3n) is 3.09. The highest BCUT2D eigenvalue weighted by atomic mass is 35.5. The van der Waals surface area contributed by atoms with E-state index in [4.69, 9.17) is 16.3 Å². The third-order valence-corrected chi connectivity index (χ3v) is 3.43. The predicted molar refractivity (Wildman–Crippen MR) is 82.9 cm³/mol. The summed E-state index contributed by atoms with van der Waals surface area (Å²) in [5.41, 5.74) is 2.61. The van der Waals surface area contributed by atoms with Crippen molar-refractivity contribution in [1.29, 1.82) is 0 Å². The van der Waals surface area contributed by atoms with Crippen molar-refractivity contribution in [3.8, 4) is 5.75 Å². The molecule has 6 heteroatoms. The number of hydrogen-bond acceptors (Lipinski definition) is 4. The molecule has 0 amide bonds. The van der Waals surface area contributed by atoms with Crippen LogP contribution in [0.25, 0.3) is 11.0 Å². The summed E-state index contributed by atoms with van der Waals surface area (Å²) < 4.78 is 6.82. The van der Waals surface area contributed by atoms with E-state index in [1.165, 1.54) is 0 Å². The van der Waals surface area contributed by atoms with Gasteiger partial charge in [-0.2, -0.15) is 0 Å². The van der Waals surface area contributed by atoms with Crippen molar-refractivity contribution in [3.63, 3.8) is 0 Å². The lowest BCUT2D eigenvalue weighted by Crippen LogP contribution is -2.01.